The van der Waals surface area contributed by atoms with E-state index in [0.717, 1.165) is 19.5 Å². The molecule has 0 aliphatic rings. The van der Waals surface area contributed by atoms with Crippen LogP contribution in [0.25, 0.3) is 0 Å². The quantitative estimate of drug-likeness (QED) is 0.529. The van der Waals surface area contributed by atoms with Gasteiger partial charge in [0.25, 0.3) is 0 Å². The van der Waals surface area contributed by atoms with Crippen LogP contribution in [-0.2, 0) is 11.3 Å². The first-order chi connectivity index (χ1) is 9.63. The maximum absolute atomic E-state index is 11.7. The number of nitrogens with zero attached hydrogens (tertiary/aromatic N) is 4. The fourth-order valence-electron chi connectivity index (χ4n) is 1.72. The van der Waals surface area contributed by atoms with Crippen molar-refractivity contribution in [1.29, 1.82) is 0 Å². The minimum Gasteiger partial charge on any atom is -0.355 e. The monoisotopic (exact) mass is 299 g/mol. The van der Waals surface area contributed by atoms with E-state index in [1.54, 1.807) is 4.68 Å². The number of rotatable bonds is 10. The van der Waals surface area contributed by atoms with Crippen molar-refractivity contribution >= 4 is 17.7 Å². The van der Waals surface area contributed by atoms with Crippen molar-refractivity contribution in [3.05, 3.63) is 0 Å². The fourth-order valence-corrected chi connectivity index (χ4v) is 2.44. The number of carbonyl (C=O) groups is 1. The van der Waals surface area contributed by atoms with Crippen LogP contribution in [0.2, 0.25) is 0 Å². The number of hydrogen-bond acceptors (Lipinski definition) is 5. The Labute approximate surface area is 125 Å². The van der Waals surface area contributed by atoms with Crippen molar-refractivity contribution in [2.75, 3.05) is 12.3 Å². The van der Waals surface area contributed by atoms with Gasteiger partial charge in [0.15, 0.2) is 0 Å². The number of unbranched alkanes of at least 4 members (excludes halogenated alkanes) is 3. The second kappa shape index (κ2) is 9.74. The molecule has 20 heavy (non-hydrogen) atoms. The van der Waals surface area contributed by atoms with Crippen molar-refractivity contribution in [3.63, 3.8) is 0 Å². The topological polar surface area (TPSA) is 72.7 Å². The number of aromatic nitrogens is 4. The van der Waals surface area contributed by atoms with Gasteiger partial charge >= 0.3 is 0 Å². The standard InChI is InChI=1S/C13H25N5OS/c1-4-5-6-7-8-14-12(19)10-20-13-15-16-17-18(13)9-11(2)3/h11H,4-10H2,1-3H3,(H,14,19). The molecule has 1 aromatic rings. The zero-order chi connectivity index (χ0) is 14.8. The van der Waals surface area contributed by atoms with Crippen molar-refractivity contribution in [2.45, 2.75) is 58.2 Å². The summed E-state index contributed by atoms with van der Waals surface area (Å²) in [5.41, 5.74) is 0. The maximum atomic E-state index is 11.7. The average Bonchev–Trinajstić information content (AvgIpc) is 2.82. The lowest BCUT2D eigenvalue weighted by Crippen LogP contribution is -2.26. The molecular weight excluding hydrogens is 274 g/mol. The molecule has 0 atom stereocenters. The van der Waals surface area contributed by atoms with Crippen LogP contribution in [0.4, 0.5) is 0 Å². The van der Waals surface area contributed by atoms with E-state index < -0.39 is 0 Å². The summed E-state index contributed by atoms with van der Waals surface area (Å²) in [6, 6.07) is 0. The van der Waals surface area contributed by atoms with Crippen molar-refractivity contribution < 1.29 is 4.79 Å². The van der Waals surface area contributed by atoms with Gasteiger partial charge in [0.1, 0.15) is 0 Å². The highest BCUT2D eigenvalue weighted by Gasteiger charge is 2.10. The molecule has 7 heteroatoms. The van der Waals surface area contributed by atoms with Gasteiger partial charge in [-0.3, -0.25) is 4.79 Å². The van der Waals surface area contributed by atoms with E-state index in [9.17, 15) is 4.79 Å². The molecule has 0 saturated carbocycles. The Kier molecular flexibility index (Phi) is 8.25. The minimum atomic E-state index is 0.0468. The average molecular weight is 299 g/mol. The zero-order valence-corrected chi connectivity index (χ0v) is 13.4. The smallest absolute Gasteiger partial charge is 0.230 e. The van der Waals surface area contributed by atoms with E-state index in [4.69, 9.17) is 0 Å². The summed E-state index contributed by atoms with van der Waals surface area (Å²) in [5.74, 6) is 0.891. The first-order valence-corrected chi connectivity index (χ1v) is 8.27. The van der Waals surface area contributed by atoms with Crippen LogP contribution in [0.5, 0.6) is 0 Å². The van der Waals surface area contributed by atoms with E-state index in [0.29, 0.717) is 16.8 Å². The van der Waals surface area contributed by atoms with Gasteiger partial charge in [-0.2, -0.15) is 0 Å². The summed E-state index contributed by atoms with van der Waals surface area (Å²) in [4.78, 5) is 11.7. The first-order valence-electron chi connectivity index (χ1n) is 7.29. The third-order valence-electron chi connectivity index (χ3n) is 2.72. The molecular formula is C13H25N5OS. The summed E-state index contributed by atoms with van der Waals surface area (Å²) >= 11 is 1.39. The molecule has 0 aliphatic heterocycles. The molecule has 1 amide bonds. The first kappa shape index (κ1) is 16.9. The summed E-state index contributed by atoms with van der Waals surface area (Å²) in [7, 11) is 0. The van der Waals surface area contributed by atoms with Crippen LogP contribution in [0.3, 0.4) is 0 Å². The molecule has 1 N–H and O–H groups in total. The lowest BCUT2D eigenvalue weighted by Gasteiger charge is -2.07. The van der Waals surface area contributed by atoms with Gasteiger partial charge in [-0.25, -0.2) is 4.68 Å². The second-order valence-corrected chi connectivity index (χ2v) is 6.18. The Hall–Kier alpha value is -1.11. The number of amides is 1. The number of thioether (sulfide) groups is 1. The molecule has 0 bridgehead atoms. The van der Waals surface area contributed by atoms with Gasteiger partial charge in [-0.1, -0.05) is 51.8 Å². The van der Waals surface area contributed by atoms with E-state index in [2.05, 4.69) is 41.6 Å². The number of carbonyl (C=O) groups excluding carboxylic acids is 1. The summed E-state index contributed by atoms with van der Waals surface area (Å²) in [6.07, 6.45) is 4.67. The van der Waals surface area contributed by atoms with Crippen LogP contribution in [0.15, 0.2) is 5.16 Å². The molecule has 0 aromatic carbocycles. The van der Waals surface area contributed by atoms with E-state index >= 15 is 0 Å². The van der Waals surface area contributed by atoms with Gasteiger partial charge in [0.2, 0.25) is 11.1 Å². The maximum Gasteiger partial charge on any atom is 0.230 e. The Morgan fingerprint density at radius 3 is 2.85 bits per heavy atom. The Morgan fingerprint density at radius 1 is 1.35 bits per heavy atom. The molecule has 0 fully saturated rings. The Balaban J connectivity index is 2.22. The Morgan fingerprint density at radius 2 is 2.15 bits per heavy atom. The van der Waals surface area contributed by atoms with Crippen LogP contribution < -0.4 is 5.32 Å². The van der Waals surface area contributed by atoms with Crippen LogP contribution >= 0.6 is 11.8 Å². The van der Waals surface area contributed by atoms with E-state index in [1.165, 1.54) is 31.0 Å². The molecule has 0 spiro atoms. The highest BCUT2D eigenvalue weighted by molar-refractivity contribution is 7.99. The SMILES string of the molecule is CCCCCCNC(=O)CSc1nnnn1CC(C)C. The lowest BCUT2D eigenvalue weighted by molar-refractivity contribution is -0.118. The van der Waals surface area contributed by atoms with Gasteiger partial charge < -0.3 is 5.32 Å². The number of nitrogens with one attached hydrogen (secondary N) is 1. The summed E-state index contributed by atoms with van der Waals surface area (Å²) in [6.45, 7) is 7.93. The highest BCUT2D eigenvalue weighted by atomic mass is 32.2. The number of tetrazole rings is 1. The fraction of sp³-hybridized carbons (Fsp3) is 0.846. The molecule has 0 aliphatic carbocycles. The van der Waals surface area contributed by atoms with Gasteiger partial charge in [0, 0.05) is 13.1 Å². The van der Waals surface area contributed by atoms with Gasteiger partial charge in [-0.05, 0) is 22.8 Å². The predicted molar refractivity (Wildman–Crippen MR) is 80.5 cm³/mol. The van der Waals surface area contributed by atoms with Crippen molar-refractivity contribution in [3.8, 4) is 0 Å². The van der Waals surface area contributed by atoms with Crippen molar-refractivity contribution in [2.24, 2.45) is 5.92 Å². The van der Waals surface area contributed by atoms with Gasteiger partial charge in [0.05, 0.1) is 5.75 Å². The third-order valence-corrected chi connectivity index (χ3v) is 3.68. The number of hydrogen-bond donors (Lipinski definition) is 1. The molecule has 0 radical (unpaired) electrons. The summed E-state index contributed by atoms with van der Waals surface area (Å²) in [5, 5.41) is 15.2. The highest BCUT2D eigenvalue weighted by Crippen LogP contribution is 2.14. The normalized spacial score (nSPS) is 11.0. The second-order valence-electron chi connectivity index (χ2n) is 5.24. The van der Waals surface area contributed by atoms with Crippen molar-refractivity contribution in [1.82, 2.24) is 25.5 Å². The van der Waals surface area contributed by atoms with Crippen LogP contribution in [0, 0.1) is 5.92 Å². The third kappa shape index (κ3) is 6.88. The molecule has 0 saturated heterocycles. The minimum absolute atomic E-state index is 0.0468. The molecule has 6 nitrogen and oxygen atoms in total. The van der Waals surface area contributed by atoms with E-state index in [1.807, 2.05) is 0 Å². The molecule has 1 rings (SSSR count). The van der Waals surface area contributed by atoms with Crippen LogP contribution in [-0.4, -0.2) is 38.4 Å². The predicted octanol–water partition coefficient (Wildman–Crippen LogP) is 2.12. The summed E-state index contributed by atoms with van der Waals surface area (Å²) < 4.78 is 1.75. The van der Waals surface area contributed by atoms with Crippen LogP contribution in [0.1, 0.15) is 46.5 Å². The zero-order valence-electron chi connectivity index (χ0n) is 12.6. The molecule has 1 aromatic heterocycles. The van der Waals surface area contributed by atoms with Gasteiger partial charge in [-0.15, -0.1) is 5.10 Å². The lowest BCUT2D eigenvalue weighted by atomic mass is 10.2. The molecule has 0 unspecified atom stereocenters. The van der Waals surface area contributed by atoms with E-state index in [-0.39, 0.29) is 5.91 Å². The molecule has 1 heterocycles. The largest absolute Gasteiger partial charge is 0.355 e. The molecule has 114 valence electrons. The Bertz CT molecular complexity index is 394.